The van der Waals surface area contributed by atoms with Crippen LogP contribution in [0.2, 0.25) is 0 Å². The Balaban J connectivity index is 4.25. The second kappa shape index (κ2) is 4.29. The van der Waals surface area contributed by atoms with Gasteiger partial charge >= 0.3 is 8.25 Å². The van der Waals surface area contributed by atoms with E-state index < -0.39 is 19.9 Å². The summed E-state index contributed by atoms with van der Waals surface area (Å²) < 4.78 is 18.3. The summed E-state index contributed by atoms with van der Waals surface area (Å²) in [5.41, 5.74) is 0. The summed E-state index contributed by atoms with van der Waals surface area (Å²) in [6.07, 6.45) is 0. The Morgan fingerprint density at radius 1 is 1.50 bits per heavy atom. The molecule has 0 aromatic heterocycles. The highest BCUT2D eigenvalue weighted by molar-refractivity contribution is 8.10. The lowest BCUT2D eigenvalue weighted by Crippen LogP contribution is -2.15. The molecule has 0 heterocycles. The summed E-state index contributed by atoms with van der Waals surface area (Å²) in [6, 6.07) is 0. The molecule has 2 N–H and O–H groups in total. The zero-order valence-corrected chi connectivity index (χ0v) is 9.69. The molecular formula is C4H12O5P2S. The van der Waals surface area contributed by atoms with Crippen molar-refractivity contribution in [1.29, 1.82) is 0 Å². The average molecular weight is 234 g/mol. The van der Waals surface area contributed by atoms with E-state index in [4.69, 9.17) is 4.89 Å². The van der Waals surface area contributed by atoms with E-state index in [-0.39, 0.29) is 0 Å². The summed E-state index contributed by atoms with van der Waals surface area (Å²) in [5, 5.41) is -0.667. The molecule has 0 saturated carbocycles. The number of hydrogen-bond acceptors (Lipinski definition) is 4. The van der Waals surface area contributed by atoms with Gasteiger partial charge in [-0.2, -0.15) is 4.67 Å². The predicted molar refractivity (Wildman–Crippen MR) is 49.6 cm³/mol. The van der Waals surface area contributed by atoms with E-state index in [0.717, 1.165) is 0 Å². The molecule has 0 spiro atoms. The topological polar surface area (TPSA) is 76.0 Å². The molecule has 0 aromatic carbocycles. The van der Waals surface area contributed by atoms with Gasteiger partial charge in [0.25, 0.3) is 0 Å². The lowest BCUT2D eigenvalue weighted by atomic mass is 10.3. The van der Waals surface area contributed by atoms with Crippen LogP contribution in [0.4, 0.5) is 0 Å². The van der Waals surface area contributed by atoms with Gasteiger partial charge in [-0.15, -0.1) is 4.67 Å². The van der Waals surface area contributed by atoms with Crippen molar-refractivity contribution in [1.82, 2.24) is 0 Å². The van der Waals surface area contributed by atoms with Crippen molar-refractivity contribution in [2.45, 2.75) is 25.9 Å². The molecule has 0 aliphatic carbocycles. The van der Waals surface area contributed by atoms with Gasteiger partial charge < -0.3 is 9.79 Å². The van der Waals surface area contributed by atoms with Gasteiger partial charge in [-0.1, -0.05) is 20.8 Å². The molecule has 0 saturated heterocycles. The minimum atomic E-state index is -3.20. The van der Waals surface area contributed by atoms with E-state index in [2.05, 4.69) is 21.2 Å². The van der Waals surface area contributed by atoms with Crippen LogP contribution in [0.1, 0.15) is 20.8 Å². The molecule has 0 radical (unpaired) electrons. The van der Waals surface area contributed by atoms with Crippen LogP contribution in [0.3, 0.4) is 0 Å². The number of hydrogen-bond donors (Lipinski definition) is 2. The maximum atomic E-state index is 10.1. The first-order chi connectivity index (χ1) is 5.17. The Kier molecular flexibility index (Phi) is 4.55. The highest BCUT2D eigenvalue weighted by atomic mass is 32.5. The summed E-state index contributed by atoms with van der Waals surface area (Å²) in [7, 11) is -3.20. The standard InChI is InChI=1S/C4H12O5P2S/c1-4(2,3)11(7,12)9-8-10(5)6/h10H,1-3H3,(H,5,6)(H,7,12). The lowest BCUT2D eigenvalue weighted by Gasteiger charge is -2.26. The molecule has 5 nitrogen and oxygen atoms in total. The van der Waals surface area contributed by atoms with Gasteiger partial charge in [0.15, 0.2) is 0 Å². The monoisotopic (exact) mass is 234 g/mol. The van der Waals surface area contributed by atoms with Gasteiger partial charge in [-0.25, -0.2) is 0 Å². The fraction of sp³-hybridized carbons (Fsp3) is 1.00. The zero-order chi connectivity index (χ0) is 9.99. The van der Waals surface area contributed by atoms with Crippen LogP contribution in [0.15, 0.2) is 0 Å². The second-order valence-electron chi connectivity index (χ2n) is 3.12. The molecule has 2 atom stereocenters. The first kappa shape index (κ1) is 12.7. The predicted octanol–water partition coefficient (Wildman–Crippen LogP) is 1.42. The van der Waals surface area contributed by atoms with Gasteiger partial charge in [-0.05, 0) is 11.8 Å². The fourth-order valence-electron chi connectivity index (χ4n) is 0.194. The molecule has 0 fully saturated rings. The van der Waals surface area contributed by atoms with E-state index in [1.165, 1.54) is 0 Å². The van der Waals surface area contributed by atoms with Gasteiger partial charge in [0.2, 0.25) is 6.49 Å². The van der Waals surface area contributed by atoms with Gasteiger partial charge in [0, 0.05) is 5.16 Å². The molecule has 2 unspecified atom stereocenters. The quantitative estimate of drug-likeness (QED) is 0.437. The van der Waals surface area contributed by atoms with Crippen molar-refractivity contribution < 1.29 is 23.7 Å². The third-order valence-electron chi connectivity index (χ3n) is 1.06. The second-order valence-corrected chi connectivity index (χ2v) is 7.83. The lowest BCUT2D eigenvalue weighted by molar-refractivity contribution is -0.103. The van der Waals surface area contributed by atoms with Crippen LogP contribution in [-0.2, 0) is 25.7 Å². The minimum Gasteiger partial charge on any atom is -0.343 e. The van der Waals surface area contributed by atoms with Crippen LogP contribution in [0, 0.1) is 0 Å². The molecule has 74 valence electrons. The normalized spacial score (nSPS) is 20.1. The SMILES string of the molecule is CC(C)(C)P(O)(=S)OO[PH](=O)O. The molecule has 0 amide bonds. The molecule has 0 aliphatic heterocycles. The van der Waals surface area contributed by atoms with E-state index in [1.54, 1.807) is 20.8 Å². The van der Waals surface area contributed by atoms with Crippen molar-refractivity contribution in [3.8, 4) is 0 Å². The van der Waals surface area contributed by atoms with Crippen LogP contribution in [0.5, 0.6) is 0 Å². The molecule has 0 aliphatic rings. The van der Waals surface area contributed by atoms with Crippen molar-refractivity contribution >= 4 is 26.6 Å². The van der Waals surface area contributed by atoms with E-state index in [0.29, 0.717) is 0 Å². The maximum absolute atomic E-state index is 10.1. The van der Waals surface area contributed by atoms with Crippen LogP contribution < -0.4 is 0 Å². The average Bonchev–Trinajstić information content (AvgIpc) is 1.81. The summed E-state index contributed by atoms with van der Waals surface area (Å²) >= 11 is 4.68. The summed E-state index contributed by atoms with van der Waals surface area (Å²) in [5.74, 6) is 0. The Hall–Kier alpha value is 0.720. The first-order valence-corrected chi connectivity index (χ1v) is 7.02. The van der Waals surface area contributed by atoms with Crippen molar-refractivity contribution in [3.63, 3.8) is 0 Å². The Morgan fingerprint density at radius 2 is 1.92 bits per heavy atom. The van der Waals surface area contributed by atoms with E-state index in [9.17, 15) is 9.46 Å². The van der Waals surface area contributed by atoms with Gasteiger partial charge in [0.1, 0.15) is 0 Å². The van der Waals surface area contributed by atoms with Gasteiger partial charge in [-0.3, -0.25) is 4.57 Å². The molecule has 0 bridgehead atoms. The highest BCUT2D eigenvalue weighted by Gasteiger charge is 2.32. The molecule has 0 aromatic rings. The maximum Gasteiger partial charge on any atom is 0.345 e. The molecule has 12 heavy (non-hydrogen) atoms. The largest absolute Gasteiger partial charge is 0.345 e. The Bertz CT molecular complexity index is 222. The van der Waals surface area contributed by atoms with Gasteiger partial charge in [0.05, 0.1) is 0 Å². The third kappa shape index (κ3) is 4.10. The smallest absolute Gasteiger partial charge is 0.343 e. The summed E-state index contributed by atoms with van der Waals surface area (Å²) in [6.45, 7) is 1.82. The minimum absolute atomic E-state index is 0.667. The third-order valence-corrected chi connectivity index (χ3v) is 5.22. The van der Waals surface area contributed by atoms with Crippen LogP contribution >= 0.6 is 14.7 Å². The van der Waals surface area contributed by atoms with E-state index in [1.807, 2.05) is 0 Å². The Morgan fingerprint density at radius 3 is 2.17 bits per heavy atom. The van der Waals surface area contributed by atoms with Crippen LogP contribution in [-0.4, -0.2) is 14.9 Å². The molecular weight excluding hydrogens is 222 g/mol. The number of rotatable bonds is 3. The highest BCUT2D eigenvalue weighted by Crippen LogP contribution is 2.56. The van der Waals surface area contributed by atoms with Crippen molar-refractivity contribution in [3.05, 3.63) is 0 Å². The Labute approximate surface area is 76.8 Å². The molecule has 8 heteroatoms. The first-order valence-electron chi connectivity index (χ1n) is 3.09. The molecule has 0 rings (SSSR count). The summed E-state index contributed by atoms with van der Waals surface area (Å²) in [4.78, 5) is 17.7. The fourth-order valence-corrected chi connectivity index (χ4v) is 1.35. The zero-order valence-electron chi connectivity index (χ0n) is 6.97. The van der Waals surface area contributed by atoms with Crippen molar-refractivity contribution in [2.75, 3.05) is 0 Å². The van der Waals surface area contributed by atoms with Crippen molar-refractivity contribution in [2.24, 2.45) is 0 Å². The van der Waals surface area contributed by atoms with Crippen LogP contribution in [0.25, 0.3) is 0 Å². The van der Waals surface area contributed by atoms with E-state index >= 15 is 0 Å².